The third kappa shape index (κ3) is 93.9. The van der Waals surface area contributed by atoms with Gasteiger partial charge in [0, 0.05) is 0 Å². The van der Waals surface area contributed by atoms with Crippen molar-refractivity contribution in [1.29, 1.82) is 0 Å². The van der Waals surface area contributed by atoms with Crippen LogP contribution in [-0.2, 0) is 0 Å². The Hall–Kier alpha value is -1.04. The van der Waals surface area contributed by atoms with Gasteiger partial charge in [0.05, 0.1) is 0 Å². The molecule has 0 amide bonds. The molecule has 0 unspecified atom stereocenters. The summed E-state index contributed by atoms with van der Waals surface area (Å²) in [5.74, 6) is 0.775. The van der Waals surface area contributed by atoms with Crippen molar-refractivity contribution in [2.45, 2.75) is 96.4 Å². The Morgan fingerprint density at radius 1 is 0.609 bits per heavy atom. The number of hydrogen-bond donors (Lipinski definition) is 0. The van der Waals surface area contributed by atoms with Gasteiger partial charge >= 0.3 is 0 Å². The summed E-state index contributed by atoms with van der Waals surface area (Å²) >= 11 is 0. The Bertz CT molecular complexity index is 182. The van der Waals surface area contributed by atoms with Crippen LogP contribution in [0.3, 0.4) is 0 Å². The predicted octanol–water partition coefficient (Wildman–Crippen LogP) is 9.43. The van der Waals surface area contributed by atoms with Crippen LogP contribution < -0.4 is 0 Å². The number of rotatable bonds is 2. The second-order valence-corrected chi connectivity index (χ2v) is 3.71. The molecule has 23 heavy (non-hydrogen) atoms. The van der Waals surface area contributed by atoms with Gasteiger partial charge in [0.25, 0.3) is 0 Å². The quantitative estimate of drug-likeness (QED) is 0.475. The summed E-state index contributed by atoms with van der Waals surface area (Å²) in [6.45, 7) is 30.3. The van der Waals surface area contributed by atoms with Crippen molar-refractivity contribution in [2.24, 2.45) is 5.92 Å². The smallest absolute Gasteiger partial charge is 0.0303 e. The van der Waals surface area contributed by atoms with E-state index in [4.69, 9.17) is 0 Å². The molecule has 1 aromatic carbocycles. The standard InChI is InChI=1S/C7H14.C6H6.5C2H6/c1-6(2)5-7(3)4;1-2-4-6-5-3-1;5*1-2/h7H,1,5H2,2-4H3;1-6H;5*1-2H3. The van der Waals surface area contributed by atoms with Gasteiger partial charge in [-0.15, -0.1) is 6.58 Å². The van der Waals surface area contributed by atoms with E-state index in [9.17, 15) is 0 Å². The molecule has 0 aliphatic heterocycles. The van der Waals surface area contributed by atoms with E-state index in [1.54, 1.807) is 0 Å². The van der Waals surface area contributed by atoms with Crippen molar-refractivity contribution in [2.75, 3.05) is 0 Å². The van der Waals surface area contributed by atoms with Crippen molar-refractivity contribution in [3.8, 4) is 0 Å². The number of benzene rings is 1. The first kappa shape index (κ1) is 37.9. The maximum atomic E-state index is 3.80. The third-order valence-corrected chi connectivity index (χ3v) is 1.42. The fourth-order valence-corrected chi connectivity index (χ4v) is 1.08. The third-order valence-electron chi connectivity index (χ3n) is 1.42. The van der Waals surface area contributed by atoms with Crippen LogP contribution in [0.4, 0.5) is 0 Å². The molecule has 0 N–H and O–H groups in total. The second kappa shape index (κ2) is 58.4. The molecule has 0 aliphatic rings. The van der Waals surface area contributed by atoms with E-state index >= 15 is 0 Å². The Labute approximate surface area is 151 Å². The highest BCUT2D eigenvalue weighted by molar-refractivity contribution is 4.99. The molecule has 0 spiro atoms. The van der Waals surface area contributed by atoms with E-state index in [2.05, 4.69) is 27.4 Å². The van der Waals surface area contributed by atoms with Crippen LogP contribution in [0.2, 0.25) is 0 Å². The molecule has 0 aromatic heterocycles. The van der Waals surface area contributed by atoms with Crippen molar-refractivity contribution in [3.05, 3.63) is 48.6 Å². The minimum Gasteiger partial charge on any atom is -0.100 e. The molecule has 0 heteroatoms. The molecule has 1 aromatic rings. The van der Waals surface area contributed by atoms with Gasteiger partial charge in [-0.05, 0) is 19.3 Å². The average Bonchev–Trinajstić information content (AvgIpc) is 2.64. The normalized spacial score (nSPS) is 6.35. The van der Waals surface area contributed by atoms with Crippen LogP contribution in [0.15, 0.2) is 48.6 Å². The van der Waals surface area contributed by atoms with Gasteiger partial charge in [0.15, 0.2) is 0 Å². The SMILES string of the molecule is C=C(C)CC(C)C.CC.CC.CC.CC.CC.c1ccccc1. The van der Waals surface area contributed by atoms with Crippen LogP contribution >= 0.6 is 0 Å². The first-order valence-electron chi connectivity index (χ1n) is 9.77. The second-order valence-electron chi connectivity index (χ2n) is 3.71. The van der Waals surface area contributed by atoms with E-state index in [0.29, 0.717) is 0 Å². The molecule has 0 bridgehead atoms. The minimum absolute atomic E-state index is 0.775. The van der Waals surface area contributed by atoms with E-state index in [-0.39, 0.29) is 0 Å². The van der Waals surface area contributed by atoms with Crippen molar-refractivity contribution in [3.63, 3.8) is 0 Å². The Morgan fingerprint density at radius 2 is 0.783 bits per heavy atom. The maximum Gasteiger partial charge on any atom is -0.0303 e. The van der Waals surface area contributed by atoms with E-state index in [1.165, 1.54) is 12.0 Å². The van der Waals surface area contributed by atoms with Crippen molar-refractivity contribution in [1.82, 2.24) is 0 Å². The van der Waals surface area contributed by atoms with Crippen molar-refractivity contribution < 1.29 is 0 Å². The Morgan fingerprint density at radius 3 is 0.826 bits per heavy atom. The van der Waals surface area contributed by atoms with Gasteiger partial charge < -0.3 is 0 Å². The lowest BCUT2D eigenvalue weighted by molar-refractivity contribution is 0.644. The van der Waals surface area contributed by atoms with Gasteiger partial charge in [0.1, 0.15) is 0 Å². The summed E-state index contributed by atoms with van der Waals surface area (Å²) in [6.07, 6.45) is 1.17. The monoisotopic (exact) mass is 326 g/mol. The molecule has 0 radical (unpaired) electrons. The summed E-state index contributed by atoms with van der Waals surface area (Å²) in [4.78, 5) is 0. The summed E-state index contributed by atoms with van der Waals surface area (Å²) in [6, 6.07) is 12.0. The molecule has 0 aliphatic carbocycles. The van der Waals surface area contributed by atoms with Crippen LogP contribution in [0.5, 0.6) is 0 Å². The Balaban J connectivity index is -0.0000000411. The highest BCUT2D eigenvalue weighted by Crippen LogP contribution is 2.05. The van der Waals surface area contributed by atoms with E-state index in [0.717, 1.165) is 5.92 Å². The topological polar surface area (TPSA) is 0 Å². The zero-order valence-electron chi connectivity index (χ0n) is 19.0. The molecule has 0 saturated carbocycles. The average molecular weight is 327 g/mol. The fourth-order valence-electron chi connectivity index (χ4n) is 1.08. The van der Waals surface area contributed by atoms with E-state index in [1.807, 2.05) is 106 Å². The molecular weight excluding hydrogens is 276 g/mol. The van der Waals surface area contributed by atoms with Gasteiger partial charge in [-0.25, -0.2) is 0 Å². The molecular formula is C23H50. The van der Waals surface area contributed by atoms with Gasteiger partial charge in [-0.1, -0.05) is 125 Å². The summed E-state index contributed by atoms with van der Waals surface area (Å²) in [7, 11) is 0. The minimum atomic E-state index is 0.775. The first-order valence-corrected chi connectivity index (χ1v) is 9.77. The van der Waals surface area contributed by atoms with Crippen LogP contribution in [0.25, 0.3) is 0 Å². The molecule has 0 saturated heterocycles. The van der Waals surface area contributed by atoms with Gasteiger partial charge in [-0.3, -0.25) is 0 Å². The molecule has 0 nitrogen and oxygen atoms in total. The molecule has 142 valence electrons. The first-order chi connectivity index (χ1) is 11.1. The predicted molar refractivity (Wildman–Crippen MR) is 117 cm³/mol. The van der Waals surface area contributed by atoms with Gasteiger partial charge in [-0.2, -0.15) is 0 Å². The summed E-state index contributed by atoms with van der Waals surface area (Å²) in [5.41, 5.74) is 1.29. The number of hydrogen-bond acceptors (Lipinski definition) is 0. The number of allylic oxidation sites excluding steroid dienone is 1. The molecule has 0 heterocycles. The van der Waals surface area contributed by atoms with Crippen LogP contribution in [0.1, 0.15) is 96.4 Å². The maximum absolute atomic E-state index is 3.80. The highest BCUT2D eigenvalue weighted by atomic mass is 14.0. The fraction of sp³-hybridized carbons (Fsp3) is 0.652. The lowest BCUT2D eigenvalue weighted by Gasteiger charge is -1.99. The molecule has 1 rings (SSSR count). The highest BCUT2D eigenvalue weighted by Gasteiger charge is 1.90. The van der Waals surface area contributed by atoms with Crippen LogP contribution in [-0.4, -0.2) is 0 Å². The zero-order valence-corrected chi connectivity index (χ0v) is 19.0. The zero-order chi connectivity index (χ0) is 20.1. The summed E-state index contributed by atoms with van der Waals surface area (Å²) in [5, 5.41) is 0. The van der Waals surface area contributed by atoms with Gasteiger partial charge in [0.2, 0.25) is 0 Å². The lowest BCUT2D eigenvalue weighted by Crippen LogP contribution is -1.84. The van der Waals surface area contributed by atoms with Crippen LogP contribution in [0, 0.1) is 5.92 Å². The molecule has 0 atom stereocenters. The summed E-state index contributed by atoms with van der Waals surface area (Å²) < 4.78 is 0. The Kier molecular flexibility index (Phi) is 96.1. The van der Waals surface area contributed by atoms with E-state index < -0.39 is 0 Å². The lowest BCUT2D eigenvalue weighted by atomic mass is 10.1. The van der Waals surface area contributed by atoms with Crippen molar-refractivity contribution >= 4 is 0 Å². The largest absolute Gasteiger partial charge is 0.100 e. The molecule has 0 fully saturated rings.